The van der Waals surface area contributed by atoms with E-state index in [2.05, 4.69) is 10.6 Å². The number of ketones is 1. The van der Waals surface area contributed by atoms with E-state index in [1.807, 2.05) is 42.5 Å². The Morgan fingerprint density at radius 2 is 1.35 bits per heavy atom. The third-order valence-electron chi connectivity index (χ3n) is 4.43. The van der Waals surface area contributed by atoms with E-state index in [9.17, 15) is 14.4 Å². The number of nitrogens with one attached hydrogen (secondary N) is 2. The van der Waals surface area contributed by atoms with Crippen molar-refractivity contribution in [3.05, 3.63) is 119 Å². The number of allylic oxidation sites excluding steroid dienone is 2. The third kappa shape index (κ3) is 6.37. The van der Waals surface area contributed by atoms with Crippen LogP contribution >= 0.6 is 0 Å². The lowest BCUT2D eigenvalue weighted by atomic mass is 10.1. The normalized spacial score (nSPS) is 11.2. The Labute approximate surface area is 181 Å². The van der Waals surface area contributed by atoms with Crippen LogP contribution in [0.4, 0.5) is 5.69 Å². The van der Waals surface area contributed by atoms with Crippen LogP contribution in [0.15, 0.2) is 103 Å². The molecule has 0 aliphatic rings. The lowest BCUT2D eigenvalue weighted by Gasteiger charge is -2.11. The van der Waals surface area contributed by atoms with E-state index >= 15 is 0 Å². The predicted octanol–water partition coefficient (Wildman–Crippen LogP) is 4.86. The maximum Gasteiger partial charge on any atom is 0.272 e. The number of carbonyl (C=O) groups is 3. The number of rotatable bonds is 7. The molecule has 2 amide bonds. The summed E-state index contributed by atoms with van der Waals surface area (Å²) in [4.78, 5) is 36.8. The van der Waals surface area contributed by atoms with Crippen molar-refractivity contribution < 1.29 is 14.4 Å². The van der Waals surface area contributed by atoms with Gasteiger partial charge in [0.05, 0.1) is 0 Å². The predicted molar refractivity (Wildman–Crippen MR) is 123 cm³/mol. The zero-order chi connectivity index (χ0) is 22.1. The maximum atomic E-state index is 12.8. The van der Waals surface area contributed by atoms with E-state index in [0.29, 0.717) is 16.8 Å². The van der Waals surface area contributed by atoms with Gasteiger partial charge in [-0.25, -0.2) is 0 Å². The largest absolute Gasteiger partial charge is 0.321 e. The Morgan fingerprint density at radius 3 is 1.97 bits per heavy atom. The van der Waals surface area contributed by atoms with Gasteiger partial charge >= 0.3 is 0 Å². The fourth-order valence-corrected chi connectivity index (χ4v) is 2.76. The Morgan fingerprint density at radius 1 is 0.742 bits per heavy atom. The van der Waals surface area contributed by atoms with Crippen LogP contribution in [0, 0.1) is 0 Å². The smallest absolute Gasteiger partial charge is 0.272 e. The Balaban J connectivity index is 1.80. The van der Waals surface area contributed by atoms with Gasteiger partial charge in [-0.05, 0) is 55.0 Å². The number of hydrogen-bond acceptors (Lipinski definition) is 3. The molecule has 154 valence electrons. The van der Waals surface area contributed by atoms with Crippen molar-refractivity contribution in [2.24, 2.45) is 0 Å². The van der Waals surface area contributed by atoms with Crippen molar-refractivity contribution in [2.45, 2.75) is 6.92 Å². The molecule has 0 bridgehead atoms. The van der Waals surface area contributed by atoms with Crippen LogP contribution in [-0.2, 0) is 4.79 Å². The summed E-state index contributed by atoms with van der Waals surface area (Å²) in [5, 5.41) is 5.42. The van der Waals surface area contributed by atoms with Crippen LogP contribution in [-0.4, -0.2) is 17.6 Å². The van der Waals surface area contributed by atoms with E-state index in [1.54, 1.807) is 60.7 Å². The molecule has 2 N–H and O–H groups in total. The van der Waals surface area contributed by atoms with Gasteiger partial charge in [0.25, 0.3) is 11.8 Å². The number of Topliss-reactive ketones (excluding diaryl/α,β-unsaturated/α-hetero) is 1. The molecule has 0 saturated heterocycles. The molecular weight excluding hydrogens is 388 g/mol. The first-order valence-corrected chi connectivity index (χ1v) is 9.75. The first kappa shape index (κ1) is 21.5. The van der Waals surface area contributed by atoms with Gasteiger partial charge in [-0.3, -0.25) is 14.4 Å². The quantitative estimate of drug-likeness (QED) is 0.332. The van der Waals surface area contributed by atoms with Crippen molar-refractivity contribution in [3.8, 4) is 0 Å². The molecule has 3 rings (SSSR count). The molecule has 0 radical (unpaired) electrons. The second kappa shape index (κ2) is 10.5. The molecule has 3 aromatic carbocycles. The highest BCUT2D eigenvalue weighted by Crippen LogP contribution is 2.12. The van der Waals surface area contributed by atoms with Crippen molar-refractivity contribution in [2.75, 3.05) is 5.32 Å². The fraction of sp³-hybridized carbons (Fsp3) is 0.0385. The van der Waals surface area contributed by atoms with Gasteiger partial charge in [-0.15, -0.1) is 0 Å². The molecule has 0 aromatic heterocycles. The summed E-state index contributed by atoms with van der Waals surface area (Å²) >= 11 is 0. The molecule has 0 saturated carbocycles. The number of hydrogen-bond donors (Lipinski definition) is 2. The van der Waals surface area contributed by atoms with Gasteiger partial charge < -0.3 is 10.6 Å². The van der Waals surface area contributed by atoms with Gasteiger partial charge in [-0.1, -0.05) is 60.7 Å². The second-order valence-electron chi connectivity index (χ2n) is 6.76. The molecule has 0 atom stereocenters. The molecule has 0 fully saturated rings. The molecule has 3 aromatic rings. The van der Waals surface area contributed by atoms with Crippen molar-refractivity contribution >= 4 is 29.4 Å². The summed E-state index contributed by atoms with van der Waals surface area (Å²) in [7, 11) is 0. The average molecular weight is 410 g/mol. The zero-order valence-corrected chi connectivity index (χ0v) is 17.0. The third-order valence-corrected chi connectivity index (χ3v) is 4.43. The lowest BCUT2D eigenvalue weighted by Crippen LogP contribution is -2.30. The van der Waals surface area contributed by atoms with E-state index in [4.69, 9.17) is 0 Å². The van der Waals surface area contributed by atoms with Gasteiger partial charge in [0.2, 0.25) is 0 Å². The molecule has 0 aliphatic heterocycles. The van der Waals surface area contributed by atoms with Gasteiger partial charge in [0.15, 0.2) is 5.78 Å². The van der Waals surface area contributed by atoms with Crippen molar-refractivity contribution in [1.29, 1.82) is 0 Å². The molecule has 0 heterocycles. The highest BCUT2D eigenvalue weighted by atomic mass is 16.2. The minimum atomic E-state index is -0.474. The van der Waals surface area contributed by atoms with Crippen LogP contribution < -0.4 is 10.6 Å². The minimum absolute atomic E-state index is 0.0559. The van der Waals surface area contributed by atoms with E-state index in [1.165, 1.54) is 6.92 Å². The van der Waals surface area contributed by atoms with Crippen molar-refractivity contribution in [1.82, 2.24) is 5.32 Å². The average Bonchev–Trinajstić information content (AvgIpc) is 2.80. The summed E-state index contributed by atoms with van der Waals surface area (Å²) in [5.41, 5.74) is 2.57. The van der Waals surface area contributed by atoms with Gasteiger partial charge in [0, 0.05) is 16.8 Å². The molecule has 0 unspecified atom stereocenters. The van der Waals surface area contributed by atoms with E-state index in [0.717, 1.165) is 5.56 Å². The summed E-state index contributed by atoms with van der Waals surface area (Å²) < 4.78 is 0. The number of benzene rings is 3. The van der Waals surface area contributed by atoms with E-state index < -0.39 is 5.91 Å². The lowest BCUT2D eigenvalue weighted by molar-refractivity contribution is -0.113. The minimum Gasteiger partial charge on any atom is -0.321 e. The van der Waals surface area contributed by atoms with Crippen LogP contribution in [0.25, 0.3) is 6.08 Å². The van der Waals surface area contributed by atoms with Crippen LogP contribution in [0.2, 0.25) is 0 Å². The molecule has 0 aliphatic carbocycles. The maximum absolute atomic E-state index is 12.8. The summed E-state index contributed by atoms with van der Waals surface area (Å²) in [5.74, 6) is -0.917. The molecular formula is C26H22N2O3. The van der Waals surface area contributed by atoms with Crippen molar-refractivity contribution in [3.63, 3.8) is 0 Å². The second-order valence-corrected chi connectivity index (χ2v) is 6.76. The first-order valence-electron chi connectivity index (χ1n) is 9.75. The fourth-order valence-electron chi connectivity index (χ4n) is 2.76. The summed E-state index contributed by atoms with van der Waals surface area (Å²) in [6.45, 7) is 1.48. The molecule has 5 nitrogen and oxygen atoms in total. The van der Waals surface area contributed by atoms with E-state index in [-0.39, 0.29) is 17.4 Å². The number of anilines is 1. The topological polar surface area (TPSA) is 75.3 Å². The summed E-state index contributed by atoms with van der Waals surface area (Å²) in [6.07, 6.45) is 5.09. The monoisotopic (exact) mass is 410 g/mol. The number of amides is 2. The van der Waals surface area contributed by atoms with Gasteiger partial charge in [-0.2, -0.15) is 0 Å². The standard InChI is InChI=1S/C26H22N2O3/c1-19(29)21-15-17-23(18-16-21)27-26(31)24(14-8-11-20-9-4-2-5-10-20)28-25(30)22-12-6-3-7-13-22/h2-18H,1H3,(H,27,31)(H,28,30)/b11-8+,24-14-. The summed E-state index contributed by atoms with van der Waals surface area (Å²) in [6, 6.07) is 24.8. The Kier molecular flexibility index (Phi) is 7.27. The molecule has 5 heteroatoms. The Bertz CT molecular complexity index is 1120. The molecule has 31 heavy (non-hydrogen) atoms. The molecule has 0 spiro atoms. The van der Waals surface area contributed by atoms with Crippen LogP contribution in [0.5, 0.6) is 0 Å². The highest BCUT2D eigenvalue weighted by molar-refractivity contribution is 6.08. The SMILES string of the molecule is CC(=O)c1ccc(NC(=O)/C(=C/C=C/c2ccccc2)NC(=O)c2ccccc2)cc1. The van der Waals surface area contributed by atoms with Crippen LogP contribution in [0.3, 0.4) is 0 Å². The van der Waals surface area contributed by atoms with Gasteiger partial charge in [0.1, 0.15) is 5.70 Å². The van der Waals surface area contributed by atoms with Crippen LogP contribution in [0.1, 0.15) is 33.2 Å². The first-order chi connectivity index (χ1) is 15.0. The number of carbonyl (C=O) groups excluding carboxylic acids is 3. The zero-order valence-electron chi connectivity index (χ0n) is 17.0. The highest BCUT2D eigenvalue weighted by Gasteiger charge is 2.14. The Hall–Kier alpha value is -4.25.